The van der Waals surface area contributed by atoms with Gasteiger partial charge in [0.05, 0.1) is 11.8 Å². The number of carbonyl (C=O) groups excluding carboxylic acids is 2. The van der Waals surface area contributed by atoms with E-state index < -0.39 is 29.3 Å². The summed E-state index contributed by atoms with van der Waals surface area (Å²) in [6, 6.07) is -0.708. The fourth-order valence-electron chi connectivity index (χ4n) is 4.34. The van der Waals surface area contributed by atoms with Crippen molar-refractivity contribution in [3.05, 3.63) is 0 Å². The van der Waals surface area contributed by atoms with Crippen LogP contribution in [0.25, 0.3) is 0 Å². The molecule has 1 aliphatic rings. The van der Waals surface area contributed by atoms with Gasteiger partial charge in [0.1, 0.15) is 6.04 Å². The molecule has 3 atom stereocenters. The molecule has 0 heterocycles. The van der Waals surface area contributed by atoms with Gasteiger partial charge in [-0.05, 0) is 42.4 Å². The molecular formula is C22H40N2O4. The first-order chi connectivity index (χ1) is 12.9. The van der Waals surface area contributed by atoms with Gasteiger partial charge in [0.25, 0.3) is 0 Å². The molecule has 0 spiro atoms. The van der Waals surface area contributed by atoms with E-state index in [9.17, 15) is 19.5 Å². The van der Waals surface area contributed by atoms with Gasteiger partial charge in [0.2, 0.25) is 11.8 Å². The SMILES string of the molecule is CNC(=O)[C@@H](NC(=O)[C@H](CC(C)C)[C@@H](C(=O)O)C1CCC(C)CC1)C(C)(C)C. The van der Waals surface area contributed by atoms with Crippen molar-refractivity contribution in [1.82, 2.24) is 10.6 Å². The van der Waals surface area contributed by atoms with E-state index in [-0.39, 0.29) is 23.7 Å². The van der Waals surface area contributed by atoms with E-state index >= 15 is 0 Å². The molecule has 162 valence electrons. The first-order valence-corrected chi connectivity index (χ1v) is 10.6. The summed E-state index contributed by atoms with van der Waals surface area (Å²) in [6.07, 6.45) is 4.20. The van der Waals surface area contributed by atoms with E-state index in [0.717, 1.165) is 25.7 Å². The van der Waals surface area contributed by atoms with Crippen LogP contribution in [0.15, 0.2) is 0 Å². The number of amides is 2. The summed E-state index contributed by atoms with van der Waals surface area (Å²) in [5, 5.41) is 15.5. The van der Waals surface area contributed by atoms with Crippen LogP contribution in [-0.2, 0) is 14.4 Å². The average Bonchev–Trinajstić information content (AvgIpc) is 2.58. The van der Waals surface area contributed by atoms with E-state index in [1.807, 2.05) is 34.6 Å². The highest BCUT2D eigenvalue weighted by Gasteiger charge is 2.42. The van der Waals surface area contributed by atoms with E-state index in [1.54, 1.807) is 7.05 Å². The Hall–Kier alpha value is -1.59. The van der Waals surface area contributed by atoms with Crippen molar-refractivity contribution in [2.24, 2.45) is 35.0 Å². The van der Waals surface area contributed by atoms with Crippen LogP contribution >= 0.6 is 0 Å². The number of hydrogen-bond acceptors (Lipinski definition) is 3. The van der Waals surface area contributed by atoms with Crippen molar-refractivity contribution >= 4 is 17.8 Å². The molecule has 3 N–H and O–H groups in total. The van der Waals surface area contributed by atoms with Gasteiger partial charge >= 0.3 is 5.97 Å². The van der Waals surface area contributed by atoms with E-state index in [0.29, 0.717) is 12.3 Å². The van der Waals surface area contributed by atoms with Gasteiger partial charge in [-0.1, -0.05) is 54.4 Å². The third kappa shape index (κ3) is 6.78. The molecule has 0 unspecified atom stereocenters. The summed E-state index contributed by atoms with van der Waals surface area (Å²) in [6.45, 7) is 11.9. The first kappa shape index (κ1) is 24.4. The molecule has 1 rings (SSSR count). The zero-order valence-corrected chi connectivity index (χ0v) is 18.7. The number of nitrogens with one attached hydrogen (secondary N) is 2. The van der Waals surface area contributed by atoms with Crippen molar-refractivity contribution < 1.29 is 19.5 Å². The summed E-state index contributed by atoms with van der Waals surface area (Å²) in [5.74, 6) is -2.00. The summed E-state index contributed by atoms with van der Waals surface area (Å²) in [4.78, 5) is 37.8. The highest BCUT2D eigenvalue weighted by atomic mass is 16.4. The number of carboxylic acid groups (broad SMARTS) is 1. The van der Waals surface area contributed by atoms with Gasteiger partial charge in [-0.15, -0.1) is 0 Å². The van der Waals surface area contributed by atoms with Gasteiger partial charge in [0, 0.05) is 7.05 Å². The molecule has 2 amide bonds. The summed E-state index contributed by atoms with van der Waals surface area (Å²) in [7, 11) is 1.54. The second-order valence-corrected chi connectivity index (χ2v) is 10.0. The normalized spacial score (nSPS) is 23.6. The van der Waals surface area contributed by atoms with Crippen LogP contribution in [0.3, 0.4) is 0 Å². The third-order valence-electron chi connectivity index (χ3n) is 6.01. The Morgan fingerprint density at radius 2 is 1.57 bits per heavy atom. The molecule has 0 aromatic heterocycles. The fourth-order valence-corrected chi connectivity index (χ4v) is 4.34. The standard InChI is InChI=1S/C22H40N2O4/c1-13(2)12-16(17(21(27)28)15-10-8-14(3)9-11-15)19(25)24-18(20(26)23-7)22(4,5)6/h13-18H,8-12H2,1-7H3,(H,23,26)(H,24,25)(H,27,28)/t14?,15?,16-,17+,18-/m1/s1. The van der Waals surface area contributed by atoms with Crippen LogP contribution in [-0.4, -0.2) is 36.0 Å². The van der Waals surface area contributed by atoms with Crippen molar-refractivity contribution in [1.29, 1.82) is 0 Å². The van der Waals surface area contributed by atoms with Crippen molar-refractivity contribution in [2.75, 3.05) is 7.05 Å². The lowest BCUT2D eigenvalue weighted by Crippen LogP contribution is -2.55. The lowest BCUT2D eigenvalue weighted by molar-refractivity contribution is -0.151. The molecule has 0 aliphatic heterocycles. The third-order valence-corrected chi connectivity index (χ3v) is 6.01. The lowest BCUT2D eigenvalue weighted by Gasteiger charge is -2.37. The Bertz CT molecular complexity index is 545. The van der Waals surface area contributed by atoms with Crippen LogP contribution in [0.4, 0.5) is 0 Å². The maximum atomic E-state index is 13.3. The van der Waals surface area contributed by atoms with Crippen LogP contribution < -0.4 is 10.6 Å². The number of carboxylic acids is 1. The smallest absolute Gasteiger partial charge is 0.307 e. The van der Waals surface area contributed by atoms with E-state index in [1.165, 1.54) is 0 Å². The molecule has 6 nitrogen and oxygen atoms in total. The quantitative estimate of drug-likeness (QED) is 0.585. The Labute approximate surface area is 170 Å². The number of carbonyl (C=O) groups is 3. The zero-order chi connectivity index (χ0) is 21.6. The number of aliphatic carboxylic acids is 1. The van der Waals surface area contributed by atoms with Gasteiger partial charge in [-0.25, -0.2) is 0 Å². The molecule has 1 aliphatic carbocycles. The largest absolute Gasteiger partial charge is 0.481 e. The van der Waals surface area contributed by atoms with Gasteiger partial charge in [-0.2, -0.15) is 0 Å². The monoisotopic (exact) mass is 396 g/mol. The van der Waals surface area contributed by atoms with Crippen molar-refractivity contribution in [3.63, 3.8) is 0 Å². The zero-order valence-electron chi connectivity index (χ0n) is 18.7. The molecule has 6 heteroatoms. The summed E-state index contributed by atoms with van der Waals surface area (Å²) >= 11 is 0. The van der Waals surface area contributed by atoms with Crippen LogP contribution in [0, 0.1) is 35.0 Å². The second kappa shape index (κ2) is 10.3. The summed E-state index contributed by atoms with van der Waals surface area (Å²) in [5.41, 5.74) is -0.475. The molecule has 0 bridgehead atoms. The molecule has 1 fully saturated rings. The maximum Gasteiger partial charge on any atom is 0.307 e. The van der Waals surface area contributed by atoms with Gasteiger partial charge in [0.15, 0.2) is 0 Å². The van der Waals surface area contributed by atoms with Crippen LogP contribution in [0.5, 0.6) is 0 Å². The summed E-state index contributed by atoms with van der Waals surface area (Å²) < 4.78 is 0. The molecule has 0 saturated heterocycles. The predicted molar refractivity (Wildman–Crippen MR) is 111 cm³/mol. The molecule has 0 radical (unpaired) electrons. The highest BCUT2D eigenvalue weighted by Crippen LogP contribution is 2.39. The van der Waals surface area contributed by atoms with Gasteiger partial charge in [-0.3, -0.25) is 14.4 Å². The van der Waals surface area contributed by atoms with Gasteiger partial charge < -0.3 is 15.7 Å². The highest BCUT2D eigenvalue weighted by molar-refractivity contribution is 5.90. The first-order valence-electron chi connectivity index (χ1n) is 10.6. The molecule has 1 saturated carbocycles. The molecule has 28 heavy (non-hydrogen) atoms. The molecular weight excluding hydrogens is 356 g/mol. The number of likely N-dealkylation sites (N-methyl/N-ethyl adjacent to an activating group) is 1. The fraction of sp³-hybridized carbons (Fsp3) is 0.864. The Morgan fingerprint density at radius 1 is 1.04 bits per heavy atom. The Morgan fingerprint density at radius 3 is 1.96 bits per heavy atom. The van der Waals surface area contributed by atoms with E-state index in [2.05, 4.69) is 17.6 Å². The van der Waals surface area contributed by atoms with Crippen molar-refractivity contribution in [2.45, 2.75) is 79.7 Å². The molecule has 0 aromatic rings. The molecule has 0 aromatic carbocycles. The Balaban J connectivity index is 3.13. The maximum absolute atomic E-state index is 13.3. The van der Waals surface area contributed by atoms with E-state index in [4.69, 9.17) is 0 Å². The van der Waals surface area contributed by atoms with Crippen LogP contribution in [0.1, 0.15) is 73.6 Å². The average molecular weight is 397 g/mol. The number of hydrogen-bond donors (Lipinski definition) is 3. The topological polar surface area (TPSA) is 95.5 Å². The van der Waals surface area contributed by atoms with Crippen LogP contribution in [0.2, 0.25) is 0 Å². The minimum absolute atomic E-state index is 0.0105. The lowest BCUT2D eigenvalue weighted by atomic mass is 9.69. The predicted octanol–water partition coefficient (Wildman–Crippen LogP) is 3.45. The number of rotatable bonds is 8. The van der Waals surface area contributed by atoms with Crippen molar-refractivity contribution in [3.8, 4) is 0 Å². The minimum atomic E-state index is -0.896. The Kier molecular flexibility index (Phi) is 8.96. The minimum Gasteiger partial charge on any atom is -0.481 e. The second-order valence-electron chi connectivity index (χ2n) is 10.0.